The van der Waals surface area contributed by atoms with Crippen molar-refractivity contribution in [1.29, 1.82) is 0 Å². The van der Waals surface area contributed by atoms with Crippen LogP contribution in [0.5, 0.6) is 5.75 Å². The molecule has 2 atom stereocenters. The zero-order chi connectivity index (χ0) is 22.0. The Morgan fingerprint density at radius 2 is 1.55 bits per heavy atom. The summed E-state index contributed by atoms with van der Waals surface area (Å²) in [7, 11) is -2.35. The number of methoxy groups -OCH3 is 1. The molecule has 0 saturated carbocycles. The monoisotopic (exact) mass is 433 g/mol. The molecule has 31 heavy (non-hydrogen) atoms. The maximum absolute atomic E-state index is 13.3. The molecule has 1 amide bonds. The van der Waals surface area contributed by atoms with Gasteiger partial charge in [0.1, 0.15) is 5.75 Å². The lowest BCUT2D eigenvalue weighted by Crippen LogP contribution is -2.56. The fourth-order valence-electron chi connectivity index (χ4n) is 3.68. The summed E-state index contributed by atoms with van der Waals surface area (Å²) in [5.74, 6) is -0.252. The number of amides is 1. The minimum atomic E-state index is -3.96. The van der Waals surface area contributed by atoms with Crippen molar-refractivity contribution < 1.29 is 17.9 Å². The number of benzene rings is 3. The Hall–Kier alpha value is -3.38. The highest BCUT2D eigenvalue weighted by molar-refractivity contribution is 7.89. The van der Waals surface area contributed by atoms with Crippen LogP contribution in [0.4, 0.5) is 0 Å². The maximum Gasteiger partial charge on any atom is 0.267 e. The molecule has 158 valence electrons. The average molecular weight is 434 g/mol. The number of rotatable bonds is 6. The standard InChI is InChI=1S/C25H23NO4S/c1-18-8-15-22(16-9-18)31(28,29)26-24(20-6-4-3-5-7-20)23(25(26)27)17-12-19-10-13-21(30-2)14-11-19/h3-17,23-24H,1-2H3/b17-12+/t23-,24+/m0/s1. The van der Waals surface area contributed by atoms with E-state index in [2.05, 4.69) is 0 Å². The molecule has 1 heterocycles. The zero-order valence-corrected chi connectivity index (χ0v) is 18.1. The van der Waals surface area contributed by atoms with Crippen molar-refractivity contribution in [2.24, 2.45) is 5.92 Å². The number of sulfonamides is 1. The zero-order valence-electron chi connectivity index (χ0n) is 17.3. The topological polar surface area (TPSA) is 63.7 Å². The fourth-order valence-corrected chi connectivity index (χ4v) is 5.30. The molecule has 1 aliphatic heterocycles. The van der Waals surface area contributed by atoms with Gasteiger partial charge in [0, 0.05) is 0 Å². The lowest BCUT2D eigenvalue weighted by molar-refractivity contribution is -0.143. The Morgan fingerprint density at radius 1 is 0.903 bits per heavy atom. The molecule has 0 radical (unpaired) electrons. The third-order valence-electron chi connectivity index (χ3n) is 5.43. The van der Waals surface area contributed by atoms with Gasteiger partial charge in [0.25, 0.3) is 10.0 Å². The highest BCUT2D eigenvalue weighted by Crippen LogP contribution is 2.44. The predicted molar refractivity (Wildman–Crippen MR) is 120 cm³/mol. The van der Waals surface area contributed by atoms with Crippen LogP contribution in [0.1, 0.15) is 22.7 Å². The van der Waals surface area contributed by atoms with Gasteiger partial charge in [-0.25, -0.2) is 12.7 Å². The number of hydrogen-bond donors (Lipinski definition) is 0. The minimum Gasteiger partial charge on any atom is -0.497 e. The third-order valence-corrected chi connectivity index (χ3v) is 7.22. The van der Waals surface area contributed by atoms with Gasteiger partial charge >= 0.3 is 0 Å². The Balaban J connectivity index is 1.68. The van der Waals surface area contributed by atoms with Gasteiger partial charge in [-0.2, -0.15) is 0 Å². The van der Waals surface area contributed by atoms with Gasteiger partial charge in [-0.05, 0) is 42.3 Å². The summed E-state index contributed by atoms with van der Waals surface area (Å²) in [6.07, 6.45) is 3.62. The SMILES string of the molecule is COc1ccc(/C=C/[C@@H]2C(=O)N(S(=O)(=O)c3ccc(C)cc3)[C@@H]2c2ccccc2)cc1. The van der Waals surface area contributed by atoms with E-state index >= 15 is 0 Å². The molecule has 0 unspecified atom stereocenters. The molecule has 3 aromatic carbocycles. The van der Waals surface area contributed by atoms with E-state index < -0.39 is 27.9 Å². The van der Waals surface area contributed by atoms with E-state index in [1.807, 2.05) is 67.6 Å². The second-order valence-electron chi connectivity index (χ2n) is 7.47. The summed E-state index contributed by atoms with van der Waals surface area (Å²) >= 11 is 0. The largest absolute Gasteiger partial charge is 0.497 e. The van der Waals surface area contributed by atoms with Crippen molar-refractivity contribution in [3.05, 3.63) is 102 Å². The van der Waals surface area contributed by atoms with E-state index in [4.69, 9.17) is 4.74 Å². The summed E-state index contributed by atoms with van der Waals surface area (Å²) in [6, 6.07) is 22.7. The van der Waals surface area contributed by atoms with Crippen LogP contribution in [0, 0.1) is 12.8 Å². The molecule has 0 aliphatic carbocycles. The molecule has 0 bridgehead atoms. The molecular weight excluding hydrogens is 410 g/mol. The number of hydrogen-bond acceptors (Lipinski definition) is 4. The third kappa shape index (κ3) is 3.99. The van der Waals surface area contributed by atoms with Crippen molar-refractivity contribution in [3.8, 4) is 5.75 Å². The van der Waals surface area contributed by atoms with Gasteiger partial charge in [0.15, 0.2) is 0 Å². The quantitative estimate of drug-likeness (QED) is 0.533. The Labute approximate surface area is 182 Å². The molecule has 1 aliphatic rings. The normalized spacial score (nSPS) is 18.8. The molecule has 0 spiro atoms. The first-order valence-electron chi connectivity index (χ1n) is 9.94. The Bertz CT molecular complexity index is 1200. The van der Waals surface area contributed by atoms with Crippen LogP contribution in [0.3, 0.4) is 0 Å². The summed E-state index contributed by atoms with van der Waals surface area (Å²) in [4.78, 5) is 13.1. The molecule has 0 aromatic heterocycles. The van der Waals surface area contributed by atoms with E-state index in [0.717, 1.165) is 26.7 Å². The molecular formula is C25H23NO4S. The number of carbonyl (C=O) groups excluding carboxylic acids is 1. The lowest BCUT2D eigenvalue weighted by atomic mass is 9.84. The summed E-state index contributed by atoms with van der Waals surface area (Å²) in [6.45, 7) is 1.89. The lowest BCUT2D eigenvalue weighted by Gasteiger charge is -2.45. The second kappa shape index (κ2) is 8.40. The van der Waals surface area contributed by atoms with Crippen LogP contribution in [0.25, 0.3) is 6.08 Å². The van der Waals surface area contributed by atoms with E-state index in [9.17, 15) is 13.2 Å². The highest BCUT2D eigenvalue weighted by Gasteiger charge is 2.53. The van der Waals surface area contributed by atoms with Crippen molar-refractivity contribution in [2.75, 3.05) is 7.11 Å². The van der Waals surface area contributed by atoms with Crippen molar-refractivity contribution in [3.63, 3.8) is 0 Å². The molecule has 5 nitrogen and oxygen atoms in total. The van der Waals surface area contributed by atoms with Crippen LogP contribution in [0.15, 0.2) is 89.8 Å². The first kappa shape index (κ1) is 20.9. The van der Waals surface area contributed by atoms with E-state index in [1.165, 1.54) is 0 Å². The molecule has 1 fully saturated rings. The summed E-state index contributed by atoms with van der Waals surface area (Å²) in [5.41, 5.74) is 2.64. The van der Waals surface area contributed by atoms with Gasteiger partial charge in [-0.3, -0.25) is 4.79 Å². The van der Waals surface area contributed by atoms with Gasteiger partial charge in [0.2, 0.25) is 5.91 Å². The van der Waals surface area contributed by atoms with E-state index in [0.29, 0.717) is 0 Å². The first-order chi connectivity index (χ1) is 14.9. The molecule has 1 saturated heterocycles. The fraction of sp³-hybridized carbons (Fsp3) is 0.160. The highest BCUT2D eigenvalue weighted by atomic mass is 32.2. The predicted octanol–water partition coefficient (Wildman–Crippen LogP) is 4.61. The van der Waals surface area contributed by atoms with E-state index in [-0.39, 0.29) is 4.90 Å². The number of nitrogens with zero attached hydrogens (tertiary/aromatic N) is 1. The molecule has 6 heteroatoms. The van der Waals surface area contributed by atoms with Crippen LogP contribution in [0.2, 0.25) is 0 Å². The smallest absolute Gasteiger partial charge is 0.267 e. The second-order valence-corrected chi connectivity index (χ2v) is 9.28. The Morgan fingerprint density at radius 3 is 2.16 bits per heavy atom. The maximum atomic E-state index is 13.3. The number of ether oxygens (including phenoxy) is 1. The van der Waals surface area contributed by atoms with Crippen molar-refractivity contribution in [2.45, 2.75) is 17.9 Å². The van der Waals surface area contributed by atoms with Crippen molar-refractivity contribution in [1.82, 2.24) is 4.31 Å². The Kier molecular flexibility index (Phi) is 5.65. The van der Waals surface area contributed by atoms with E-state index in [1.54, 1.807) is 37.5 Å². The van der Waals surface area contributed by atoms with Gasteiger partial charge in [-0.1, -0.05) is 72.3 Å². The molecule has 4 rings (SSSR count). The molecule has 3 aromatic rings. The number of carbonyl (C=O) groups is 1. The van der Waals surface area contributed by atoms with Gasteiger partial charge < -0.3 is 4.74 Å². The first-order valence-corrected chi connectivity index (χ1v) is 11.4. The summed E-state index contributed by atoms with van der Waals surface area (Å²) in [5, 5.41) is 0. The molecule has 0 N–H and O–H groups in total. The summed E-state index contributed by atoms with van der Waals surface area (Å²) < 4.78 is 32.7. The number of β-lactam (4-membered cyclic amide) rings is 1. The minimum absolute atomic E-state index is 0.116. The average Bonchev–Trinajstić information content (AvgIpc) is 2.78. The van der Waals surface area contributed by atoms with Crippen LogP contribution < -0.4 is 4.74 Å². The van der Waals surface area contributed by atoms with Gasteiger partial charge in [0.05, 0.1) is 24.0 Å². The van der Waals surface area contributed by atoms with Gasteiger partial charge in [-0.15, -0.1) is 0 Å². The van der Waals surface area contributed by atoms with Crippen LogP contribution in [-0.2, 0) is 14.8 Å². The number of aryl methyl sites for hydroxylation is 1. The van der Waals surface area contributed by atoms with Crippen LogP contribution in [-0.4, -0.2) is 25.7 Å². The van der Waals surface area contributed by atoms with Crippen molar-refractivity contribution >= 4 is 22.0 Å². The van der Waals surface area contributed by atoms with Crippen LogP contribution >= 0.6 is 0 Å².